The molecule has 1 aromatic carbocycles. The van der Waals surface area contributed by atoms with Crippen LogP contribution >= 0.6 is 0 Å². The molecule has 8 heteroatoms. The second-order valence-corrected chi connectivity index (χ2v) is 4.41. The minimum absolute atomic E-state index is 0.153. The van der Waals surface area contributed by atoms with Crippen LogP contribution in [0.2, 0.25) is 0 Å². The van der Waals surface area contributed by atoms with Crippen molar-refractivity contribution in [3.63, 3.8) is 0 Å². The Bertz CT molecular complexity index is 534. The third-order valence-corrected chi connectivity index (χ3v) is 3.22. The highest BCUT2D eigenvalue weighted by molar-refractivity contribution is 5.84. The van der Waals surface area contributed by atoms with Gasteiger partial charge in [-0.15, -0.1) is 0 Å². The van der Waals surface area contributed by atoms with Crippen LogP contribution in [-0.2, 0) is 16.1 Å². The van der Waals surface area contributed by atoms with E-state index in [1.807, 2.05) is 0 Å². The number of ether oxygens (including phenoxy) is 1. The van der Waals surface area contributed by atoms with E-state index >= 15 is 0 Å². The van der Waals surface area contributed by atoms with E-state index in [-0.39, 0.29) is 17.9 Å². The molecule has 1 aromatic rings. The fourth-order valence-electron chi connectivity index (χ4n) is 2.20. The molecule has 0 aromatic heterocycles. The van der Waals surface area contributed by atoms with Crippen LogP contribution in [0, 0.1) is 10.1 Å². The molecule has 8 nitrogen and oxygen atoms in total. The maximum atomic E-state index is 11.4. The summed E-state index contributed by atoms with van der Waals surface area (Å²) in [4.78, 5) is 23.4. The van der Waals surface area contributed by atoms with E-state index < -0.39 is 23.5 Å². The number of nitrogens with zero attached hydrogens (tertiary/aromatic N) is 2. The smallest absolute Gasteiger partial charge is 0.275 e. The van der Waals surface area contributed by atoms with Crippen molar-refractivity contribution >= 4 is 17.3 Å². The van der Waals surface area contributed by atoms with Crippen molar-refractivity contribution in [3.05, 3.63) is 33.9 Å². The maximum Gasteiger partial charge on any atom is 0.275 e. The zero-order valence-electron chi connectivity index (χ0n) is 10.7. The molecule has 108 valence electrons. The summed E-state index contributed by atoms with van der Waals surface area (Å²) < 4.78 is 5.21. The van der Waals surface area contributed by atoms with Crippen molar-refractivity contribution < 1.29 is 19.6 Å². The number of anilines is 1. The number of carbonyl (C=O) groups excluding carboxylic acids is 1. The van der Waals surface area contributed by atoms with Crippen molar-refractivity contribution in [2.24, 2.45) is 5.73 Å². The zero-order chi connectivity index (χ0) is 14.7. The van der Waals surface area contributed by atoms with Crippen molar-refractivity contribution in [2.45, 2.75) is 12.6 Å². The molecule has 0 radical (unpaired) electrons. The highest BCUT2D eigenvalue weighted by atomic mass is 16.6. The summed E-state index contributed by atoms with van der Waals surface area (Å²) in [5.74, 6) is -0.520. The van der Waals surface area contributed by atoms with Gasteiger partial charge in [-0.1, -0.05) is 0 Å². The third kappa shape index (κ3) is 2.70. The Morgan fingerprint density at radius 1 is 1.60 bits per heavy atom. The first-order chi connectivity index (χ1) is 9.54. The SMILES string of the molecule is NC(=O)C1COCCN1c1ccc([N+](=O)[O-])c(CO)c1. The summed E-state index contributed by atoms with van der Waals surface area (Å²) in [5, 5.41) is 20.1. The number of aliphatic hydroxyl groups is 1. The van der Waals surface area contributed by atoms with Crippen LogP contribution in [0.4, 0.5) is 11.4 Å². The van der Waals surface area contributed by atoms with Gasteiger partial charge in [0.25, 0.3) is 5.69 Å². The first-order valence-electron chi connectivity index (χ1n) is 6.06. The molecule has 1 amide bonds. The lowest BCUT2D eigenvalue weighted by atomic mass is 10.1. The number of rotatable bonds is 4. The number of nitro benzene ring substituents is 1. The van der Waals surface area contributed by atoms with E-state index in [0.29, 0.717) is 18.8 Å². The standard InChI is InChI=1S/C12H15N3O5/c13-12(17)11-7-20-4-3-14(11)9-1-2-10(15(18)19)8(5-9)6-16/h1-2,5,11,16H,3-4,6-7H2,(H2,13,17). The van der Waals surface area contributed by atoms with Gasteiger partial charge in [0, 0.05) is 18.3 Å². The van der Waals surface area contributed by atoms with Gasteiger partial charge >= 0.3 is 0 Å². The molecule has 1 unspecified atom stereocenters. The van der Waals surface area contributed by atoms with Crippen LogP contribution in [0.15, 0.2) is 18.2 Å². The monoisotopic (exact) mass is 281 g/mol. The molecule has 20 heavy (non-hydrogen) atoms. The van der Waals surface area contributed by atoms with Crippen LogP contribution in [0.5, 0.6) is 0 Å². The van der Waals surface area contributed by atoms with Gasteiger partial charge < -0.3 is 20.5 Å². The summed E-state index contributed by atoms with van der Waals surface area (Å²) in [6.45, 7) is 0.627. The first kappa shape index (κ1) is 14.2. The molecule has 3 N–H and O–H groups in total. The first-order valence-corrected chi connectivity index (χ1v) is 6.06. The van der Waals surface area contributed by atoms with E-state index in [1.165, 1.54) is 12.1 Å². The normalized spacial score (nSPS) is 18.9. The molecule has 1 atom stereocenters. The van der Waals surface area contributed by atoms with Gasteiger partial charge in [-0.3, -0.25) is 14.9 Å². The minimum Gasteiger partial charge on any atom is -0.391 e. The van der Waals surface area contributed by atoms with Gasteiger partial charge in [-0.25, -0.2) is 0 Å². The van der Waals surface area contributed by atoms with Gasteiger partial charge in [-0.05, 0) is 12.1 Å². The lowest BCUT2D eigenvalue weighted by Crippen LogP contribution is -2.52. The molecule has 0 saturated carbocycles. The average Bonchev–Trinajstić information content (AvgIpc) is 2.46. The molecule has 0 bridgehead atoms. The van der Waals surface area contributed by atoms with Gasteiger partial charge in [-0.2, -0.15) is 0 Å². The predicted molar refractivity (Wildman–Crippen MR) is 70.2 cm³/mol. The van der Waals surface area contributed by atoms with Crippen molar-refractivity contribution in [2.75, 3.05) is 24.7 Å². The molecule has 1 aliphatic rings. The second kappa shape index (κ2) is 5.85. The Morgan fingerprint density at radius 2 is 2.35 bits per heavy atom. The van der Waals surface area contributed by atoms with Crippen molar-refractivity contribution in [1.29, 1.82) is 0 Å². The predicted octanol–water partition coefficient (Wildman–Crippen LogP) is -0.222. The fourth-order valence-corrected chi connectivity index (χ4v) is 2.20. The maximum absolute atomic E-state index is 11.4. The topological polar surface area (TPSA) is 119 Å². The second-order valence-electron chi connectivity index (χ2n) is 4.41. The number of nitrogens with two attached hydrogens (primary N) is 1. The number of amides is 1. The van der Waals surface area contributed by atoms with E-state index in [4.69, 9.17) is 10.5 Å². The summed E-state index contributed by atoms with van der Waals surface area (Å²) in [7, 11) is 0. The van der Waals surface area contributed by atoms with Crippen molar-refractivity contribution in [3.8, 4) is 0 Å². The van der Waals surface area contributed by atoms with Crippen LogP contribution in [0.3, 0.4) is 0 Å². The molecule has 0 spiro atoms. The average molecular weight is 281 g/mol. The van der Waals surface area contributed by atoms with Gasteiger partial charge in [0.1, 0.15) is 6.04 Å². The summed E-state index contributed by atoms with van der Waals surface area (Å²) in [6, 6.07) is 3.74. The molecule has 1 aliphatic heterocycles. The number of hydrogen-bond acceptors (Lipinski definition) is 6. The van der Waals surface area contributed by atoms with Gasteiger partial charge in [0.05, 0.1) is 30.3 Å². The summed E-state index contributed by atoms with van der Waals surface area (Å²) in [5.41, 5.74) is 5.97. The molecule has 1 saturated heterocycles. The lowest BCUT2D eigenvalue weighted by molar-refractivity contribution is -0.385. The van der Waals surface area contributed by atoms with E-state index in [9.17, 15) is 20.0 Å². The van der Waals surface area contributed by atoms with E-state index in [1.54, 1.807) is 11.0 Å². The molecule has 0 aliphatic carbocycles. The Balaban J connectivity index is 2.36. The number of carbonyl (C=O) groups is 1. The number of aliphatic hydroxyl groups excluding tert-OH is 1. The Kier molecular flexibility index (Phi) is 4.16. The number of morpholine rings is 1. The highest BCUT2D eigenvalue weighted by Gasteiger charge is 2.28. The zero-order valence-corrected chi connectivity index (χ0v) is 10.7. The van der Waals surface area contributed by atoms with Crippen LogP contribution < -0.4 is 10.6 Å². The molecule has 1 fully saturated rings. The summed E-state index contributed by atoms with van der Waals surface area (Å²) in [6.07, 6.45) is 0. The largest absolute Gasteiger partial charge is 0.391 e. The number of benzene rings is 1. The number of primary amides is 1. The Hall–Kier alpha value is -2.19. The summed E-state index contributed by atoms with van der Waals surface area (Å²) >= 11 is 0. The van der Waals surface area contributed by atoms with Crippen LogP contribution in [-0.4, -0.2) is 41.7 Å². The fraction of sp³-hybridized carbons (Fsp3) is 0.417. The van der Waals surface area contributed by atoms with Gasteiger partial charge in [0.2, 0.25) is 5.91 Å². The number of hydrogen-bond donors (Lipinski definition) is 2. The number of nitro groups is 1. The van der Waals surface area contributed by atoms with Crippen LogP contribution in [0.25, 0.3) is 0 Å². The molecule has 1 heterocycles. The van der Waals surface area contributed by atoms with E-state index in [0.717, 1.165) is 0 Å². The van der Waals surface area contributed by atoms with Crippen LogP contribution in [0.1, 0.15) is 5.56 Å². The van der Waals surface area contributed by atoms with Gasteiger partial charge in [0.15, 0.2) is 0 Å². The molecular formula is C12H15N3O5. The van der Waals surface area contributed by atoms with E-state index in [2.05, 4.69) is 0 Å². The Labute approximate surface area is 114 Å². The molecular weight excluding hydrogens is 266 g/mol. The third-order valence-electron chi connectivity index (χ3n) is 3.22. The van der Waals surface area contributed by atoms with Crippen molar-refractivity contribution in [1.82, 2.24) is 0 Å². The quantitative estimate of drug-likeness (QED) is 0.581. The Morgan fingerprint density at radius 3 is 2.95 bits per heavy atom. The lowest BCUT2D eigenvalue weighted by Gasteiger charge is -2.35. The minimum atomic E-state index is -0.614. The highest BCUT2D eigenvalue weighted by Crippen LogP contribution is 2.27. The molecule has 2 rings (SSSR count).